The Morgan fingerprint density at radius 2 is 1.77 bits per heavy atom. The zero-order chi connectivity index (χ0) is 26.2. The molecular formula is C25H42N2O8. The first-order chi connectivity index (χ1) is 16.4. The first-order valence-corrected chi connectivity index (χ1v) is 12.3. The van der Waals surface area contributed by atoms with Crippen LogP contribution in [0.15, 0.2) is 12.2 Å². The van der Waals surface area contributed by atoms with Gasteiger partial charge in [-0.05, 0) is 38.0 Å². The molecule has 2 aliphatic rings. The van der Waals surface area contributed by atoms with E-state index in [9.17, 15) is 14.4 Å². The SMILES string of the molecule is C=C(C)C(=O)OCC(C)OC(=O)NCC(C)(C)CC(C)CCNC(=O)O[C@H]1CO[C@@H]2C(C)CO[C@H]12. The lowest BCUT2D eigenvalue weighted by molar-refractivity contribution is -0.141. The number of amides is 2. The van der Waals surface area contributed by atoms with Crippen LogP contribution in [0.5, 0.6) is 0 Å². The second kappa shape index (κ2) is 13.1. The molecule has 2 aliphatic heterocycles. The number of fused-ring (bicyclic) bond motifs is 1. The summed E-state index contributed by atoms with van der Waals surface area (Å²) in [5, 5.41) is 5.59. The number of carbonyl (C=O) groups excluding carboxylic acids is 3. The van der Waals surface area contributed by atoms with Crippen LogP contribution in [0, 0.1) is 17.3 Å². The highest BCUT2D eigenvalue weighted by Gasteiger charge is 2.47. The molecule has 2 rings (SSSR count). The molecule has 35 heavy (non-hydrogen) atoms. The van der Waals surface area contributed by atoms with Crippen LogP contribution in [0.1, 0.15) is 54.4 Å². The predicted octanol–water partition coefficient (Wildman–Crippen LogP) is 3.19. The molecule has 10 heteroatoms. The molecule has 6 atom stereocenters. The Kier molecular flexibility index (Phi) is 10.8. The van der Waals surface area contributed by atoms with Crippen LogP contribution in [-0.4, -0.2) is 75.5 Å². The molecule has 2 heterocycles. The van der Waals surface area contributed by atoms with E-state index in [4.69, 9.17) is 23.7 Å². The third-order valence-electron chi connectivity index (χ3n) is 6.14. The van der Waals surface area contributed by atoms with Gasteiger partial charge in [-0.25, -0.2) is 14.4 Å². The second-order valence-electron chi connectivity index (χ2n) is 10.7. The van der Waals surface area contributed by atoms with Crippen molar-refractivity contribution in [1.82, 2.24) is 10.6 Å². The van der Waals surface area contributed by atoms with Gasteiger partial charge in [0.2, 0.25) is 0 Å². The summed E-state index contributed by atoms with van der Waals surface area (Å²) in [4.78, 5) is 35.7. The summed E-state index contributed by atoms with van der Waals surface area (Å²) < 4.78 is 27.1. The number of hydrogen-bond acceptors (Lipinski definition) is 8. The summed E-state index contributed by atoms with van der Waals surface area (Å²) in [5.41, 5.74) is 0.112. The van der Waals surface area contributed by atoms with Gasteiger partial charge in [-0.1, -0.05) is 34.3 Å². The fourth-order valence-corrected chi connectivity index (χ4v) is 4.36. The molecular weight excluding hydrogens is 456 g/mol. The summed E-state index contributed by atoms with van der Waals surface area (Å²) >= 11 is 0. The van der Waals surface area contributed by atoms with Crippen molar-refractivity contribution in [2.45, 2.75) is 78.8 Å². The first-order valence-electron chi connectivity index (χ1n) is 12.3. The van der Waals surface area contributed by atoms with Gasteiger partial charge in [-0.3, -0.25) is 0 Å². The molecule has 200 valence electrons. The fourth-order valence-electron chi connectivity index (χ4n) is 4.36. The smallest absolute Gasteiger partial charge is 0.407 e. The summed E-state index contributed by atoms with van der Waals surface area (Å²) in [6.45, 7) is 16.9. The van der Waals surface area contributed by atoms with E-state index < -0.39 is 24.3 Å². The molecule has 0 aromatic carbocycles. The highest BCUT2D eigenvalue weighted by Crippen LogP contribution is 2.32. The Labute approximate surface area is 208 Å². The zero-order valence-electron chi connectivity index (χ0n) is 21.9. The van der Waals surface area contributed by atoms with Crippen LogP contribution in [0.2, 0.25) is 0 Å². The average Bonchev–Trinajstić information content (AvgIpc) is 3.33. The molecule has 3 unspecified atom stereocenters. The van der Waals surface area contributed by atoms with Crippen molar-refractivity contribution in [3.63, 3.8) is 0 Å². The van der Waals surface area contributed by atoms with Crippen LogP contribution in [0.4, 0.5) is 9.59 Å². The van der Waals surface area contributed by atoms with Gasteiger partial charge in [0.05, 0.1) is 19.3 Å². The molecule has 2 N–H and O–H groups in total. The minimum atomic E-state index is -0.573. The molecule has 0 aromatic rings. The Bertz CT molecular complexity index is 756. The van der Waals surface area contributed by atoms with Crippen molar-refractivity contribution in [2.24, 2.45) is 17.3 Å². The van der Waals surface area contributed by atoms with Crippen LogP contribution in [-0.2, 0) is 28.5 Å². The summed E-state index contributed by atoms with van der Waals surface area (Å²) in [6.07, 6.45) is -0.526. The number of carbonyl (C=O) groups is 3. The van der Waals surface area contributed by atoms with Crippen LogP contribution in [0.3, 0.4) is 0 Å². The lowest BCUT2D eigenvalue weighted by Crippen LogP contribution is -2.38. The molecule has 2 saturated heterocycles. The maximum absolute atomic E-state index is 12.2. The lowest BCUT2D eigenvalue weighted by atomic mass is 9.82. The van der Waals surface area contributed by atoms with Gasteiger partial charge < -0.3 is 34.3 Å². The van der Waals surface area contributed by atoms with E-state index in [0.29, 0.717) is 43.7 Å². The Morgan fingerprint density at radius 3 is 2.46 bits per heavy atom. The third-order valence-corrected chi connectivity index (χ3v) is 6.14. The first kappa shape index (κ1) is 28.9. The molecule has 0 saturated carbocycles. The van der Waals surface area contributed by atoms with E-state index in [-0.39, 0.29) is 30.3 Å². The minimum absolute atomic E-state index is 0.00298. The summed E-state index contributed by atoms with van der Waals surface area (Å²) in [6, 6.07) is 0. The van der Waals surface area contributed by atoms with Gasteiger partial charge in [0.25, 0.3) is 0 Å². The van der Waals surface area contributed by atoms with E-state index in [1.165, 1.54) is 0 Å². The number of rotatable bonds is 12. The molecule has 0 aromatic heterocycles. The van der Waals surface area contributed by atoms with Gasteiger partial charge >= 0.3 is 18.2 Å². The maximum Gasteiger partial charge on any atom is 0.407 e. The molecule has 0 aliphatic carbocycles. The molecule has 0 bridgehead atoms. The van der Waals surface area contributed by atoms with Crippen molar-refractivity contribution in [1.29, 1.82) is 0 Å². The molecule has 0 spiro atoms. The van der Waals surface area contributed by atoms with E-state index in [1.54, 1.807) is 13.8 Å². The van der Waals surface area contributed by atoms with Crippen LogP contribution < -0.4 is 10.6 Å². The quantitative estimate of drug-likeness (QED) is 0.239. The van der Waals surface area contributed by atoms with Crippen molar-refractivity contribution in [3.05, 3.63) is 12.2 Å². The number of nitrogens with one attached hydrogen (secondary N) is 2. The highest BCUT2D eigenvalue weighted by molar-refractivity contribution is 5.86. The van der Waals surface area contributed by atoms with E-state index in [0.717, 1.165) is 12.8 Å². The van der Waals surface area contributed by atoms with Crippen molar-refractivity contribution in [3.8, 4) is 0 Å². The normalized spacial score (nSPS) is 25.2. The zero-order valence-corrected chi connectivity index (χ0v) is 21.9. The summed E-state index contributed by atoms with van der Waals surface area (Å²) in [5.74, 6) is 0.103. The monoisotopic (exact) mass is 498 g/mol. The summed E-state index contributed by atoms with van der Waals surface area (Å²) in [7, 11) is 0. The number of hydrogen-bond donors (Lipinski definition) is 2. The molecule has 10 nitrogen and oxygen atoms in total. The number of ether oxygens (including phenoxy) is 5. The Hall–Kier alpha value is -2.33. The van der Waals surface area contributed by atoms with E-state index in [2.05, 4.69) is 44.9 Å². The molecule has 2 fully saturated rings. The largest absolute Gasteiger partial charge is 0.458 e. The minimum Gasteiger partial charge on any atom is -0.458 e. The highest BCUT2D eigenvalue weighted by atomic mass is 16.6. The van der Waals surface area contributed by atoms with Crippen molar-refractivity contribution >= 4 is 18.2 Å². The third kappa shape index (κ3) is 9.68. The maximum atomic E-state index is 12.2. The van der Waals surface area contributed by atoms with Crippen LogP contribution >= 0.6 is 0 Å². The second-order valence-corrected chi connectivity index (χ2v) is 10.7. The Balaban J connectivity index is 1.59. The lowest BCUT2D eigenvalue weighted by Gasteiger charge is -2.28. The predicted molar refractivity (Wildman–Crippen MR) is 129 cm³/mol. The molecule has 0 radical (unpaired) electrons. The van der Waals surface area contributed by atoms with Crippen LogP contribution in [0.25, 0.3) is 0 Å². The van der Waals surface area contributed by atoms with E-state index in [1.807, 2.05) is 0 Å². The van der Waals surface area contributed by atoms with Gasteiger partial charge in [0, 0.05) is 24.6 Å². The standard InChI is InChI=1S/C25H42N2O8/c1-15(2)22(28)33-12-18(5)34-24(30)27-14-25(6,7)10-16(3)8-9-26-23(29)35-19-13-32-20-17(4)11-31-21(19)20/h16-21H,1,8-14H2,2-7H3,(H,26,29)(H,27,30)/t16?,17?,18?,19-,20+,21+/m0/s1. The van der Waals surface area contributed by atoms with E-state index >= 15 is 0 Å². The van der Waals surface area contributed by atoms with Gasteiger partial charge in [0.15, 0.2) is 6.10 Å². The number of alkyl carbamates (subject to hydrolysis) is 2. The average molecular weight is 499 g/mol. The van der Waals surface area contributed by atoms with Gasteiger partial charge in [-0.15, -0.1) is 0 Å². The molecule has 2 amide bonds. The fraction of sp³-hybridized carbons (Fsp3) is 0.800. The van der Waals surface area contributed by atoms with Crippen molar-refractivity contribution < 1.29 is 38.1 Å². The van der Waals surface area contributed by atoms with Gasteiger partial charge in [-0.2, -0.15) is 0 Å². The number of esters is 1. The van der Waals surface area contributed by atoms with Gasteiger partial charge in [0.1, 0.15) is 18.8 Å². The Morgan fingerprint density at radius 1 is 1.09 bits per heavy atom. The topological polar surface area (TPSA) is 121 Å². The van der Waals surface area contributed by atoms with Crippen molar-refractivity contribution in [2.75, 3.05) is 32.9 Å².